The molecular weight excluding hydrogens is 252 g/mol. The minimum atomic E-state index is -0.111. The third kappa shape index (κ3) is 1.97. The molecule has 3 fully saturated rings. The quantitative estimate of drug-likeness (QED) is 0.862. The Morgan fingerprint density at radius 2 is 2.15 bits per heavy atom. The number of carbonyl (C=O) groups excluding carboxylic acids is 1. The number of amides is 1. The molecule has 20 heavy (non-hydrogen) atoms. The largest absolute Gasteiger partial charge is 0.467 e. The molecule has 4 rings (SSSR count). The molecule has 1 amide bonds. The van der Waals surface area contributed by atoms with E-state index in [1.807, 2.05) is 19.1 Å². The minimum absolute atomic E-state index is 0.0683. The van der Waals surface area contributed by atoms with Crippen LogP contribution in [0, 0.1) is 23.7 Å². The SMILES string of the molecule is CC(NC1C2C3CCC(C3)C12)C(=O)NCc1ccco1. The summed E-state index contributed by atoms with van der Waals surface area (Å²) in [5, 5.41) is 6.47. The fourth-order valence-corrected chi connectivity index (χ4v) is 4.65. The first-order valence-corrected chi connectivity index (χ1v) is 7.80. The van der Waals surface area contributed by atoms with E-state index in [1.54, 1.807) is 6.26 Å². The van der Waals surface area contributed by atoms with Crippen molar-refractivity contribution in [3.05, 3.63) is 24.2 Å². The van der Waals surface area contributed by atoms with E-state index in [2.05, 4.69) is 10.6 Å². The van der Waals surface area contributed by atoms with Crippen molar-refractivity contribution >= 4 is 5.91 Å². The topological polar surface area (TPSA) is 54.3 Å². The normalized spacial score (nSPS) is 38.5. The van der Waals surface area contributed by atoms with Crippen LogP contribution in [-0.2, 0) is 11.3 Å². The molecule has 0 radical (unpaired) electrons. The van der Waals surface area contributed by atoms with Crippen LogP contribution < -0.4 is 10.6 Å². The molecule has 5 atom stereocenters. The van der Waals surface area contributed by atoms with Gasteiger partial charge in [-0.1, -0.05) is 0 Å². The van der Waals surface area contributed by atoms with Crippen LogP contribution in [0.3, 0.4) is 0 Å². The van der Waals surface area contributed by atoms with E-state index in [-0.39, 0.29) is 11.9 Å². The van der Waals surface area contributed by atoms with Crippen LogP contribution in [0.2, 0.25) is 0 Å². The molecule has 4 nitrogen and oxygen atoms in total. The van der Waals surface area contributed by atoms with Crippen LogP contribution in [0.15, 0.2) is 22.8 Å². The van der Waals surface area contributed by atoms with E-state index in [9.17, 15) is 4.79 Å². The number of rotatable bonds is 5. The Morgan fingerprint density at radius 1 is 1.40 bits per heavy atom. The van der Waals surface area contributed by atoms with Gasteiger partial charge in [0, 0.05) is 6.04 Å². The summed E-state index contributed by atoms with van der Waals surface area (Å²) in [4.78, 5) is 12.1. The Kier molecular flexibility index (Phi) is 2.88. The first-order chi connectivity index (χ1) is 9.74. The van der Waals surface area contributed by atoms with Crippen molar-refractivity contribution in [3.8, 4) is 0 Å². The fraction of sp³-hybridized carbons (Fsp3) is 0.688. The average Bonchev–Trinajstić information content (AvgIpc) is 2.91. The highest BCUT2D eigenvalue weighted by Crippen LogP contribution is 2.65. The second-order valence-electron chi connectivity index (χ2n) is 6.70. The molecule has 0 spiro atoms. The maximum atomic E-state index is 12.1. The first kappa shape index (κ1) is 12.5. The molecule has 3 saturated carbocycles. The second kappa shape index (κ2) is 4.62. The molecule has 1 aromatic rings. The average molecular weight is 274 g/mol. The standard InChI is InChI=1S/C16H22N2O2/c1-9(16(19)17-8-12-3-2-6-20-12)18-15-13-10-4-5-11(7-10)14(13)15/h2-3,6,9-11,13-15,18H,4-5,7-8H2,1H3,(H,17,19). The molecule has 108 valence electrons. The number of fused-ring (bicyclic) bond motifs is 5. The minimum Gasteiger partial charge on any atom is -0.467 e. The number of hydrogen-bond donors (Lipinski definition) is 2. The van der Waals surface area contributed by atoms with E-state index in [0.29, 0.717) is 12.6 Å². The molecule has 3 aliphatic carbocycles. The summed E-state index contributed by atoms with van der Waals surface area (Å²) in [6.07, 6.45) is 5.92. The number of hydrogen-bond acceptors (Lipinski definition) is 3. The Labute approximate surface area is 119 Å². The van der Waals surface area contributed by atoms with Crippen LogP contribution >= 0.6 is 0 Å². The summed E-state index contributed by atoms with van der Waals surface area (Å²) >= 11 is 0. The van der Waals surface area contributed by atoms with Crippen molar-refractivity contribution in [2.24, 2.45) is 23.7 Å². The fourth-order valence-electron chi connectivity index (χ4n) is 4.65. The van der Waals surface area contributed by atoms with Gasteiger partial charge in [-0.05, 0) is 62.0 Å². The first-order valence-electron chi connectivity index (χ1n) is 7.80. The molecule has 3 aliphatic rings. The van der Waals surface area contributed by atoms with Gasteiger partial charge in [-0.3, -0.25) is 4.79 Å². The third-order valence-corrected chi connectivity index (χ3v) is 5.59. The van der Waals surface area contributed by atoms with Crippen LogP contribution in [0.25, 0.3) is 0 Å². The van der Waals surface area contributed by atoms with Gasteiger partial charge in [0.15, 0.2) is 0 Å². The van der Waals surface area contributed by atoms with Crippen LogP contribution in [-0.4, -0.2) is 18.0 Å². The van der Waals surface area contributed by atoms with E-state index in [4.69, 9.17) is 4.42 Å². The van der Waals surface area contributed by atoms with Gasteiger partial charge in [0.25, 0.3) is 0 Å². The van der Waals surface area contributed by atoms with Crippen molar-refractivity contribution in [2.75, 3.05) is 0 Å². The second-order valence-corrected chi connectivity index (χ2v) is 6.70. The number of carbonyl (C=O) groups is 1. The summed E-state index contributed by atoms with van der Waals surface area (Å²) in [5.74, 6) is 4.50. The lowest BCUT2D eigenvalue weighted by molar-refractivity contribution is -0.123. The van der Waals surface area contributed by atoms with Gasteiger partial charge in [0.2, 0.25) is 5.91 Å². The van der Waals surface area contributed by atoms with Gasteiger partial charge in [0.05, 0.1) is 18.8 Å². The van der Waals surface area contributed by atoms with E-state index in [1.165, 1.54) is 19.3 Å². The lowest BCUT2D eigenvalue weighted by Crippen LogP contribution is -2.44. The predicted molar refractivity (Wildman–Crippen MR) is 74.8 cm³/mol. The summed E-state index contributed by atoms with van der Waals surface area (Å²) in [7, 11) is 0. The summed E-state index contributed by atoms with van der Waals surface area (Å²) < 4.78 is 5.22. The van der Waals surface area contributed by atoms with Crippen LogP contribution in [0.4, 0.5) is 0 Å². The molecule has 2 bridgehead atoms. The zero-order valence-corrected chi connectivity index (χ0v) is 11.8. The number of furan rings is 1. The Hall–Kier alpha value is -1.29. The molecule has 0 saturated heterocycles. The molecule has 4 heteroatoms. The van der Waals surface area contributed by atoms with Crippen molar-refractivity contribution in [3.63, 3.8) is 0 Å². The molecule has 0 aliphatic heterocycles. The summed E-state index contributed by atoms with van der Waals surface area (Å²) in [5.41, 5.74) is 0. The van der Waals surface area contributed by atoms with E-state index < -0.39 is 0 Å². The molecule has 1 aromatic heterocycles. The molecule has 2 N–H and O–H groups in total. The lowest BCUT2D eigenvalue weighted by atomic mass is 10.0. The highest BCUT2D eigenvalue weighted by molar-refractivity contribution is 5.81. The summed E-state index contributed by atoms with van der Waals surface area (Å²) in [6, 6.07) is 4.21. The molecule has 1 heterocycles. The van der Waals surface area contributed by atoms with Gasteiger partial charge >= 0.3 is 0 Å². The van der Waals surface area contributed by atoms with Crippen molar-refractivity contribution in [2.45, 2.75) is 44.8 Å². The maximum Gasteiger partial charge on any atom is 0.237 e. The molecule has 5 unspecified atom stereocenters. The lowest BCUT2D eigenvalue weighted by Gasteiger charge is -2.16. The van der Waals surface area contributed by atoms with Gasteiger partial charge in [-0.2, -0.15) is 0 Å². The van der Waals surface area contributed by atoms with Crippen molar-refractivity contribution < 1.29 is 9.21 Å². The van der Waals surface area contributed by atoms with Gasteiger partial charge < -0.3 is 15.1 Å². The van der Waals surface area contributed by atoms with Crippen LogP contribution in [0.1, 0.15) is 31.9 Å². The smallest absolute Gasteiger partial charge is 0.237 e. The van der Waals surface area contributed by atoms with Gasteiger partial charge in [-0.15, -0.1) is 0 Å². The van der Waals surface area contributed by atoms with E-state index in [0.717, 1.165) is 29.4 Å². The Balaban J connectivity index is 1.26. The van der Waals surface area contributed by atoms with Crippen molar-refractivity contribution in [1.82, 2.24) is 10.6 Å². The maximum absolute atomic E-state index is 12.1. The summed E-state index contributed by atoms with van der Waals surface area (Å²) in [6.45, 7) is 2.44. The van der Waals surface area contributed by atoms with E-state index >= 15 is 0 Å². The zero-order chi connectivity index (χ0) is 13.7. The molecule has 0 aromatic carbocycles. The highest BCUT2D eigenvalue weighted by Gasteiger charge is 2.65. The monoisotopic (exact) mass is 274 g/mol. The predicted octanol–water partition coefficient (Wildman–Crippen LogP) is 1.92. The Bertz CT molecular complexity index is 483. The zero-order valence-electron chi connectivity index (χ0n) is 11.8. The third-order valence-electron chi connectivity index (χ3n) is 5.59. The van der Waals surface area contributed by atoms with Gasteiger partial charge in [-0.25, -0.2) is 0 Å². The van der Waals surface area contributed by atoms with Crippen LogP contribution in [0.5, 0.6) is 0 Å². The highest BCUT2D eigenvalue weighted by atomic mass is 16.3. The van der Waals surface area contributed by atoms with Gasteiger partial charge in [0.1, 0.15) is 5.76 Å². The number of nitrogens with one attached hydrogen (secondary N) is 2. The molecular formula is C16H22N2O2. The Morgan fingerprint density at radius 3 is 2.80 bits per heavy atom. The van der Waals surface area contributed by atoms with Crippen molar-refractivity contribution in [1.29, 1.82) is 0 Å².